The van der Waals surface area contributed by atoms with Gasteiger partial charge in [0.15, 0.2) is 0 Å². The maximum atomic E-state index is 3.68. The van der Waals surface area contributed by atoms with E-state index in [0.717, 1.165) is 30.7 Å². The highest BCUT2D eigenvalue weighted by molar-refractivity contribution is 4.99. The van der Waals surface area contributed by atoms with Gasteiger partial charge in [0.2, 0.25) is 0 Å². The minimum Gasteiger partial charge on any atom is -0.312 e. The third-order valence-corrected chi connectivity index (χ3v) is 4.26. The second kappa shape index (κ2) is 7.19. The van der Waals surface area contributed by atoms with Crippen molar-refractivity contribution in [1.82, 2.24) is 5.32 Å². The topological polar surface area (TPSA) is 12.0 Å². The van der Waals surface area contributed by atoms with Gasteiger partial charge in [0, 0.05) is 12.0 Å². The summed E-state index contributed by atoms with van der Waals surface area (Å²) in [5.74, 6) is 8.96. The SMILES string of the molecule is CC#CCC1CC(CC)CCC1CNC(C)(C)C. The third-order valence-electron chi connectivity index (χ3n) is 4.26. The Kier molecular flexibility index (Phi) is 6.22. The Morgan fingerprint density at radius 1 is 1.17 bits per heavy atom. The van der Waals surface area contributed by atoms with Gasteiger partial charge in [0.05, 0.1) is 0 Å². The van der Waals surface area contributed by atoms with Gasteiger partial charge in [-0.05, 0) is 64.8 Å². The van der Waals surface area contributed by atoms with E-state index in [1.807, 2.05) is 6.92 Å². The van der Waals surface area contributed by atoms with E-state index in [1.54, 1.807) is 0 Å². The molecule has 0 saturated heterocycles. The van der Waals surface area contributed by atoms with Gasteiger partial charge in [-0.1, -0.05) is 19.8 Å². The maximum Gasteiger partial charge on any atom is 0.0120 e. The van der Waals surface area contributed by atoms with Crippen molar-refractivity contribution in [3.63, 3.8) is 0 Å². The van der Waals surface area contributed by atoms with Crippen LogP contribution in [0.5, 0.6) is 0 Å². The fourth-order valence-electron chi connectivity index (χ4n) is 2.98. The maximum absolute atomic E-state index is 3.68. The van der Waals surface area contributed by atoms with Crippen LogP contribution < -0.4 is 5.32 Å². The molecule has 0 aromatic heterocycles. The first-order valence-electron chi connectivity index (χ1n) is 7.61. The summed E-state index contributed by atoms with van der Waals surface area (Å²) in [4.78, 5) is 0. The monoisotopic (exact) mass is 249 g/mol. The van der Waals surface area contributed by atoms with Crippen molar-refractivity contribution in [2.24, 2.45) is 17.8 Å². The largest absolute Gasteiger partial charge is 0.312 e. The van der Waals surface area contributed by atoms with Crippen molar-refractivity contribution < 1.29 is 0 Å². The molecule has 104 valence electrons. The van der Waals surface area contributed by atoms with E-state index in [1.165, 1.54) is 25.7 Å². The highest BCUT2D eigenvalue weighted by atomic mass is 14.9. The third kappa shape index (κ3) is 5.44. The van der Waals surface area contributed by atoms with Crippen LogP contribution in [0.15, 0.2) is 0 Å². The van der Waals surface area contributed by atoms with Crippen LogP contribution in [0.3, 0.4) is 0 Å². The summed E-state index contributed by atoms with van der Waals surface area (Å²) < 4.78 is 0. The Balaban J connectivity index is 2.53. The second-order valence-electron chi connectivity index (χ2n) is 6.87. The van der Waals surface area contributed by atoms with Crippen LogP contribution in [0.2, 0.25) is 0 Å². The molecule has 1 N–H and O–H groups in total. The molecule has 0 aromatic carbocycles. The molecule has 0 spiro atoms. The number of hydrogen-bond acceptors (Lipinski definition) is 1. The molecule has 0 aromatic rings. The number of rotatable bonds is 4. The molecule has 18 heavy (non-hydrogen) atoms. The van der Waals surface area contributed by atoms with Gasteiger partial charge < -0.3 is 5.32 Å². The standard InChI is InChI=1S/C17H31N/c1-6-8-9-15-12-14(7-2)10-11-16(15)13-18-17(3,4)5/h14-16,18H,7,9-13H2,1-5H3. The fraction of sp³-hybridized carbons (Fsp3) is 0.882. The van der Waals surface area contributed by atoms with E-state index in [0.29, 0.717) is 0 Å². The number of hydrogen-bond donors (Lipinski definition) is 1. The van der Waals surface area contributed by atoms with Gasteiger partial charge in [-0.2, -0.15) is 0 Å². The lowest BCUT2D eigenvalue weighted by molar-refractivity contribution is 0.167. The van der Waals surface area contributed by atoms with Crippen molar-refractivity contribution in [1.29, 1.82) is 0 Å². The van der Waals surface area contributed by atoms with E-state index >= 15 is 0 Å². The van der Waals surface area contributed by atoms with Crippen LogP contribution >= 0.6 is 0 Å². The smallest absolute Gasteiger partial charge is 0.0120 e. The minimum atomic E-state index is 0.239. The fourth-order valence-corrected chi connectivity index (χ4v) is 2.98. The molecule has 0 bridgehead atoms. The van der Waals surface area contributed by atoms with E-state index in [-0.39, 0.29) is 5.54 Å². The summed E-state index contributed by atoms with van der Waals surface area (Å²) in [6, 6.07) is 0. The van der Waals surface area contributed by atoms with Gasteiger partial charge in [-0.15, -0.1) is 11.8 Å². The van der Waals surface area contributed by atoms with Crippen molar-refractivity contribution in [3.05, 3.63) is 0 Å². The van der Waals surface area contributed by atoms with E-state index in [9.17, 15) is 0 Å². The van der Waals surface area contributed by atoms with Crippen LogP contribution in [0.4, 0.5) is 0 Å². The summed E-state index contributed by atoms with van der Waals surface area (Å²) in [6.07, 6.45) is 6.64. The Morgan fingerprint density at radius 3 is 2.44 bits per heavy atom. The molecule has 0 heterocycles. The molecule has 0 aliphatic heterocycles. The first-order valence-corrected chi connectivity index (χ1v) is 7.61. The lowest BCUT2D eigenvalue weighted by Crippen LogP contribution is -2.42. The molecule has 3 unspecified atom stereocenters. The lowest BCUT2D eigenvalue weighted by atomic mass is 9.72. The first kappa shape index (κ1) is 15.6. The summed E-state index contributed by atoms with van der Waals surface area (Å²) in [5, 5.41) is 3.68. The summed E-state index contributed by atoms with van der Waals surface area (Å²) in [7, 11) is 0. The molecule has 0 radical (unpaired) electrons. The quantitative estimate of drug-likeness (QED) is 0.735. The lowest BCUT2D eigenvalue weighted by Gasteiger charge is -2.37. The average Bonchev–Trinajstić information content (AvgIpc) is 2.33. The van der Waals surface area contributed by atoms with Crippen molar-refractivity contribution in [2.45, 2.75) is 72.3 Å². The van der Waals surface area contributed by atoms with Crippen LogP contribution in [0.1, 0.15) is 66.7 Å². The minimum absolute atomic E-state index is 0.239. The second-order valence-corrected chi connectivity index (χ2v) is 6.87. The van der Waals surface area contributed by atoms with Crippen LogP contribution in [0.25, 0.3) is 0 Å². The Morgan fingerprint density at radius 2 is 1.89 bits per heavy atom. The van der Waals surface area contributed by atoms with Gasteiger partial charge in [0.25, 0.3) is 0 Å². The predicted octanol–water partition coefficient (Wildman–Crippen LogP) is 4.23. The molecule has 1 heteroatoms. The zero-order valence-corrected chi connectivity index (χ0v) is 13.0. The highest BCUT2D eigenvalue weighted by Gasteiger charge is 2.29. The van der Waals surface area contributed by atoms with E-state index < -0.39 is 0 Å². The molecule has 0 amide bonds. The molecule has 1 saturated carbocycles. The molecule has 1 aliphatic rings. The molecule has 1 aliphatic carbocycles. The van der Waals surface area contributed by atoms with Crippen LogP contribution in [-0.4, -0.2) is 12.1 Å². The summed E-state index contributed by atoms with van der Waals surface area (Å²) in [6.45, 7) is 12.2. The molecule has 1 rings (SSSR count). The predicted molar refractivity (Wildman–Crippen MR) is 80.4 cm³/mol. The summed E-state index contributed by atoms with van der Waals surface area (Å²) >= 11 is 0. The van der Waals surface area contributed by atoms with Gasteiger partial charge >= 0.3 is 0 Å². The average molecular weight is 249 g/mol. The van der Waals surface area contributed by atoms with Crippen molar-refractivity contribution in [3.8, 4) is 11.8 Å². The van der Waals surface area contributed by atoms with Gasteiger partial charge in [0.1, 0.15) is 0 Å². The van der Waals surface area contributed by atoms with Crippen molar-refractivity contribution in [2.75, 3.05) is 6.54 Å². The molecule has 3 atom stereocenters. The Bertz CT molecular complexity index is 289. The van der Waals surface area contributed by atoms with Crippen molar-refractivity contribution >= 4 is 0 Å². The van der Waals surface area contributed by atoms with E-state index in [4.69, 9.17) is 0 Å². The van der Waals surface area contributed by atoms with Crippen LogP contribution in [-0.2, 0) is 0 Å². The molecular formula is C17H31N. The van der Waals surface area contributed by atoms with E-state index in [2.05, 4.69) is 44.9 Å². The highest BCUT2D eigenvalue weighted by Crippen LogP contribution is 2.37. The Labute approximate surface area is 114 Å². The van der Waals surface area contributed by atoms with Crippen LogP contribution in [0, 0.1) is 29.6 Å². The zero-order chi connectivity index (χ0) is 13.6. The molecular weight excluding hydrogens is 218 g/mol. The Hall–Kier alpha value is -0.480. The molecule has 1 nitrogen and oxygen atoms in total. The zero-order valence-electron chi connectivity index (χ0n) is 13.0. The number of nitrogens with one attached hydrogen (secondary N) is 1. The van der Waals surface area contributed by atoms with Gasteiger partial charge in [-0.3, -0.25) is 0 Å². The first-order chi connectivity index (χ1) is 8.46. The molecule has 1 fully saturated rings. The summed E-state index contributed by atoms with van der Waals surface area (Å²) in [5.41, 5.74) is 0.239. The van der Waals surface area contributed by atoms with Gasteiger partial charge in [-0.25, -0.2) is 0 Å². The normalized spacial score (nSPS) is 28.6.